The number of esters is 1. The molecule has 0 heterocycles. The van der Waals surface area contributed by atoms with E-state index in [2.05, 4.69) is 5.32 Å². The largest absolute Gasteiger partial charge is 0.482 e. The molecule has 0 aromatic heterocycles. The zero-order valence-electron chi connectivity index (χ0n) is 13.0. The SMILES string of the molecule is NC(=O)c1ccc(NC(=O)COC(=O)COc2ccc(Cl)cc2)cc1. The lowest BCUT2D eigenvalue weighted by Crippen LogP contribution is -2.23. The Morgan fingerprint density at radius 2 is 1.60 bits per heavy atom. The molecule has 0 fully saturated rings. The molecule has 2 amide bonds. The summed E-state index contributed by atoms with van der Waals surface area (Å²) in [6.07, 6.45) is 0. The summed E-state index contributed by atoms with van der Waals surface area (Å²) in [7, 11) is 0. The maximum atomic E-state index is 11.7. The van der Waals surface area contributed by atoms with Gasteiger partial charge in [-0.25, -0.2) is 4.79 Å². The van der Waals surface area contributed by atoms with Crippen LogP contribution in [0.25, 0.3) is 0 Å². The molecule has 3 N–H and O–H groups in total. The van der Waals surface area contributed by atoms with Gasteiger partial charge in [0.25, 0.3) is 5.91 Å². The molecule has 130 valence electrons. The minimum Gasteiger partial charge on any atom is -0.482 e. The Balaban J connectivity index is 1.72. The fourth-order valence-electron chi connectivity index (χ4n) is 1.78. The van der Waals surface area contributed by atoms with Gasteiger partial charge < -0.3 is 20.5 Å². The number of hydrogen-bond acceptors (Lipinski definition) is 5. The van der Waals surface area contributed by atoms with Crippen molar-refractivity contribution in [2.24, 2.45) is 5.73 Å². The lowest BCUT2D eigenvalue weighted by Gasteiger charge is -2.08. The second-order valence-corrected chi connectivity index (χ2v) is 5.33. The number of rotatable bonds is 7. The molecular weight excluding hydrogens is 348 g/mol. The van der Waals surface area contributed by atoms with E-state index in [1.165, 1.54) is 24.3 Å². The second kappa shape index (κ2) is 8.70. The molecule has 0 aliphatic heterocycles. The Bertz CT molecular complexity index is 760. The van der Waals surface area contributed by atoms with Crippen LogP contribution in [0.2, 0.25) is 5.02 Å². The van der Waals surface area contributed by atoms with Gasteiger partial charge in [0.2, 0.25) is 5.91 Å². The van der Waals surface area contributed by atoms with Crippen LogP contribution in [0.15, 0.2) is 48.5 Å². The third kappa shape index (κ3) is 6.15. The molecular formula is C17H15ClN2O5. The summed E-state index contributed by atoms with van der Waals surface area (Å²) in [5, 5.41) is 3.07. The van der Waals surface area contributed by atoms with Gasteiger partial charge in [-0.1, -0.05) is 11.6 Å². The van der Waals surface area contributed by atoms with Crippen molar-refractivity contribution < 1.29 is 23.9 Å². The van der Waals surface area contributed by atoms with Gasteiger partial charge in [0.1, 0.15) is 5.75 Å². The fraction of sp³-hybridized carbons (Fsp3) is 0.118. The zero-order valence-corrected chi connectivity index (χ0v) is 13.8. The molecule has 0 saturated heterocycles. The monoisotopic (exact) mass is 362 g/mol. The van der Waals surface area contributed by atoms with Crippen molar-refractivity contribution in [3.63, 3.8) is 0 Å². The smallest absolute Gasteiger partial charge is 0.344 e. The fourth-order valence-corrected chi connectivity index (χ4v) is 1.90. The molecule has 2 aromatic rings. The van der Waals surface area contributed by atoms with Gasteiger partial charge in [-0.15, -0.1) is 0 Å². The van der Waals surface area contributed by atoms with Gasteiger partial charge in [-0.05, 0) is 48.5 Å². The summed E-state index contributed by atoms with van der Waals surface area (Å²) in [5.41, 5.74) is 5.89. The summed E-state index contributed by atoms with van der Waals surface area (Å²) in [5.74, 6) is -1.31. The molecule has 0 aliphatic rings. The van der Waals surface area contributed by atoms with Crippen LogP contribution in [0.4, 0.5) is 5.69 Å². The highest BCUT2D eigenvalue weighted by Gasteiger charge is 2.09. The number of nitrogens with one attached hydrogen (secondary N) is 1. The summed E-state index contributed by atoms with van der Waals surface area (Å²) in [4.78, 5) is 34.2. The Morgan fingerprint density at radius 1 is 0.960 bits per heavy atom. The van der Waals surface area contributed by atoms with Crippen LogP contribution in [-0.4, -0.2) is 31.0 Å². The molecule has 25 heavy (non-hydrogen) atoms. The molecule has 8 heteroatoms. The molecule has 0 radical (unpaired) electrons. The molecule has 2 aromatic carbocycles. The Hall–Kier alpha value is -3.06. The molecule has 0 unspecified atom stereocenters. The lowest BCUT2D eigenvalue weighted by atomic mass is 10.2. The number of nitrogens with two attached hydrogens (primary N) is 1. The van der Waals surface area contributed by atoms with Crippen LogP contribution < -0.4 is 15.8 Å². The van der Waals surface area contributed by atoms with Gasteiger partial charge in [-0.2, -0.15) is 0 Å². The first-order chi connectivity index (χ1) is 11.9. The van der Waals surface area contributed by atoms with Crippen molar-refractivity contribution in [2.75, 3.05) is 18.5 Å². The average Bonchev–Trinajstić information content (AvgIpc) is 2.60. The van der Waals surface area contributed by atoms with Gasteiger partial charge in [0, 0.05) is 16.3 Å². The highest BCUT2D eigenvalue weighted by Crippen LogP contribution is 2.15. The lowest BCUT2D eigenvalue weighted by molar-refractivity contribution is -0.149. The number of halogens is 1. The first-order valence-corrected chi connectivity index (χ1v) is 7.55. The predicted octanol–water partition coefficient (Wildman–Crippen LogP) is 2.00. The summed E-state index contributed by atoms with van der Waals surface area (Å²) in [6.45, 7) is -0.789. The Morgan fingerprint density at radius 3 is 2.20 bits per heavy atom. The minimum absolute atomic E-state index is 0.323. The standard InChI is InChI=1S/C17H15ClN2O5/c18-12-3-7-14(8-4-12)24-10-16(22)25-9-15(21)20-13-5-1-11(2-6-13)17(19)23/h1-8H,9-10H2,(H2,19,23)(H,20,21). The van der Waals surface area contributed by atoms with E-state index in [0.29, 0.717) is 22.0 Å². The van der Waals surface area contributed by atoms with Crippen LogP contribution in [0.5, 0.6) is 5.75 Å². The summed E-state index contributed by atoms with van der Waals surface area (Å²) < 4.78 is 10.0. The first-order valence-electron chi connectivity index (χ1n) is 7.18. The number of ether oxygens (including phenoxy) is 2. The van der Waals surface area contributed by atoms with E-state index in [9.17, 15) is 14.4 Å². The average molecular weight is 363 g/mol. The van der Waals surface area contributed by atoms with Crippen LogP contribution in [0.1, 0.15) is 10.4 Å². The number of anilines is 1. The Kier molecular flexibility index (Phi) is 6.36. The highest BCUT2D eigenvalue weighted by atomic mass is 35.5. The molecule has 0 bridgehead atoms. The highest BCUT2D eigenvalue weighted by molar-refractivity contribution is 6.30. The van der Waals surface area contributed by atoms with E-state index in [1.54, 1.807) is 24.3 Å². The molecule has 2 rings (SSSR count). The zero-order chi connectivity index (χ0) is 18.2. The minimum atomic E-state index is -0.686. The van der Waals surface area contributed by atoms with Gasteiger partial charge in [0.15, 0.2) is 13.2 Å². The van der Waals surface area contributed by atoms with E-state index in [-0.39, 0.29) is 6.61 Å². The van der Waals surface area contributed by atoms with Gasteiger partial charge in [-0.3, -0.25) is 9.59 Å². The maximum absolute atomic E-state index is 11.7. The first kappa shape index (κ1) is 18.3. The number of primary amides is 1. The predicted molar refractivity (Wildman–Crippen MR) is 91.5 cm³/mol. The van der Waals surface area contributed by atoms with Gasteiger partial charge >= 0.3 is 5.97 Å². The third-order valence-electron chi connectivity index (χ3n) is 2.99. The number of benzene rings is 2. The molecule has 0 spiro atoms. The topological polar surface area (TPSA) is 108 Å². The molecule has 0 aliphatic carbocycles. The van der Waals surface area contributed by atoms with Crippen LogP contribution in [0, 0.1) is 0 Å². The van der Waals surface area contributed by atoms with Crippen LogP contribution in [-0.2, 0) is 14.3 Å². The van der Waals surface area contributed by atoms with Crippen molar-refractivity contribution in [3.05, 3.63) is 59.1 Å². The summed E-state index contributed by atoms with van der Waals surface area (Å²) in [6, 6.07) is 12.5. The third-order valence-corrected chi connectivity index (χ3v) is 3.24. The maximum Gasteiger partial charge on any atom is 0.344 e. The molecule has 7 nitrogen and oxygen atoms in total. The van der Waals surface area contributed by atoms with Gasteiger partial charge in [0.05, 0.1) is 0 Å². The molecule has 0 atom stereocenters. The van der Waals surface area contributed by atoms with E-state index in [0.717, 1.165) is 0 Å². The number of carbonyl (C=O) groups is 3. The van der Waals surface area contributed by atoms with Crippen molar-refractivity contribution in [3.8, 4) is 5.75 Å². The van der Waals surface area contributed by atoms with E-state index in [4.69, 9.17) is 26.8 Å². The van der Waals surface area contributed by atoms with E-state index < -0.39 is 24.4 Å². The van der Waals surface area contributed by atoms with Crippen LogP contribution >= 0.6 is 11.6 Å². The summed E-state index contributed by atoms with van der Waals surface area (Å²) >= 11 is 5.74. The second-order valence-electron chi connectivity index (χ2n) is 4.89. The molecule has 0 saturated carbocycles. The Labute approximate surface area is 148 Å². The number of amides is 2. The van der Waals surface area contributed by atoms with Crippen molar-refractivity contribution in [1.29, 1.82) is 0 Å². The van der Waals surface area contributed by atoms with E-state index in [1.807, 2.05) is 0 Å². The van der Waals surface area contributed by atoms with E-state index >= 15 is 0 Å². The van der Waals surface area contributed by atoms with Crippen molar-refractivity contribution in [1.82, 2.24) is 0 Å². The van der Waals surface area contributed by atoms with Crippen molar-refractivity contribution >= 4 is 35.1 Å². The van der Waals surface area contributed by atoms with Crippen LogP contribution in [0.3, 0.4) is 0 Å². The normalized spacial score (nSPS) is 9.96. The number of carbonyl (C=O) groups excluding carboxylic acids is 3. The van der Waals surface area contributed by atoms with Crippen molar-refractivity contribution in [2.45, 2.75) is 0 Å². The number of hydrogen-bond donors (Lipinski definition) is 2. The quantitative estimate of drug-likeness (QED) is 0.732.